The van der Waals surface area contributed by atoms with Gasteiger partial charge in [0.15, 0.2) is 11.2 Å². The van der Waals surface area contributed by atoms with Gasteiger partial charge < -0.3 is 10.8 Å². The molecule has 19 heavy (non-hydrogen) atoms. The van der Waals surface area contributed by atoms with Gasteiger partial charge in [0.1, 0.15) is 6.33 Å². The van der Waals surface area contributed by atoms with Crippen molar-refractivity contribution in [1.82, 2.24) is 19.5 Å². The van der Waals surface area contributed by atoms with Crippen LogP contribution in [0.4, 0.5) is 5.95 Å². The van der Waals surface area contributed by atoms with Crippen molar-refractivity contribution in [3.63, 3.8) is 0 Å². The lowest BCUT2D eigenvalue weighted by Gasteiger charge is -2.00. The number of aliphatic hydroxyl groups excluding tert-OH is 1. The molecule has 0 spiro atoms. The topological polar surface area (TPSA) is 110 Å². The second kappa shape index (κ2) is 3.70. The van der Waals surface area contributed by atoms with Crippen molar-refractivity contribution in [2.45, 2.75) is 6.42 Å². The molecule has 0 aromatic carbocycles. The van der Waals surface area contributed by atoms with Crippen LogP contribution >= 0.6 is 0 Å². The van der Waals surface area contributed by atoms with Gasteiger partial charge >= 0.3 is 0 Å². The molecule has 0 radical (unpaired) electrons. The van der Waals surface area contributed by atoms with E-state index in [4.69, 9.17) is 12.2 Å². The molecule has 2 aromatic rings. The first-order valence-electron chi connectivity index (χ1n) is 5.62. The van der Waals surface area contributed by atoms with Crippen LogP contribution in [0.1, 0.15) is 6.42 Å². The summed E-state index contributed by atoms with van der Waals surface area (Å²) < 4.78 is 1.59. The SMILES string of the molecule is C#CC1(CO)C/C1=C\n1cnc2c(=O)[nH]c(N)nc21. The van der Waals surface area contributed by atoms with Crippen LogP contribution in [-0.4, -0.2) is 31.2 Å². The first-order chi connectivity index (χ1) is 9.09. The molecule has 1 saturated carbocycles. The molecule has 1 atom stereocenters. The van der Waals surface area contributed by atoms with Crippen LogP contribution in [-0.2, 0) is 0 Å². The summed E-state index contributed by atoms with van der Waals surface area (Å²) in [7, 11) is 0. The number of rotatable bonds is 2. The first-order valence-corrected chi connectivity index (χ1v) is 5.62. The van der Waals surface area contributed by atoms with Crippen molar-refractivity contribution in [2.75, 3.05) is 12.3 Å². The number of hydrogen-bond donors (Lipinski definition) is 3. The highest BCUT2D eigenvalue weighted by Crippen LogP contribution is 2.51. The summed E-state index contributed by atoms with van der Waals surface area (Å²) in [5.41, 5.74) is 6.01. The zero-order valence-corrected chi connectivity index (χ0v) is 9.92. The summed E-state index contributed by atoms with van der Waals surface area (Å²) in [5, 5.41) is 9.26. The third-order valence-corrected chi connectivity index (χ3v) is 3.27. The number of imidazole rings is 1. The summed E-state index contributed by atoms with van der Waals surface area (Å²) in [4.78, 5) is 22.0. The fourth-order valence-corrected chi connectivity index (χ4v) is 2.00. The third kappa shape index (κ3) is 1.62. The van der Waals surface area contributed by atoms with E-state index in [-0.39, 0.29) is 23.6 Å². The van der Waals surface area contributed by atoms with E-state index < -0.39 is 5.41 Å². The predicted octanol–water partition coefficient (Wildman–Crippen LogP) is -0.442. The van der Waals surface area contributed by atoms with Gasteiger partial charge in [-0.3, -0.25) is 14.3 Å². The maximum absolute atomic E-state index is 11.6. The van der Waals surface area contributed by atoms with E-state index in [1.165, 1.54) is 6.33 Å². The molecule has 4 N–H and O–H groups in total. The Labute approximate surface area is 107 Å². The van der Waals surface area contributed by atoms with Gasteiger partial charge in [0.25, 0.3) is 5.56 Å². The largest absolute Gasteiger partial charge is 0.394 e. The average molecular weight is 257 g/mol. The molecule has 3 rings (SSSR count). The number of aliphatic hydroxyl groups is 1. The van der Waals surface area contributed by atoms with Gasteiger partial charge in [-0.2, -0.15) is 4.98 Å². The van der Waals surface area contributed by atoms with Crippen LogP contribution in [0.2, 0.25) is 0 Å². The lowest BCUT2D eigenvalue weighted by Crippen LogP contribution is -2.11. The number of nitrogen functional groups attached to an aromatic ring is 1. The number of nitrogens with zero attached hydrogens (tertiary/aromatic N) is 3. The van der Waals surface area contributed by atoms with Crippen molar-refractivity contribution in [3.05, 3.63) is 22.3 Å². The van der Waals surface area contributed by atoms with Crippen LogP contribution in [0.5, 0.6) is 0 Å². The Morgan fingerprint density at radius 2 is 2.53 bits per heavy atom. The number of nitrogens with one attached hydrogen (secondary N) is 1. The number of hydrogen-bond acceptors (Lipinski definition) is 5. The first kappa shape index (κ1) is 11.5. The van der Waals surface area contributed by atoms with Gasteiger partial charge in [0, 0.05) is 6.20 Å². The lowest BCUT2D eigenvalue weighted by atomic mass is 10.1. The number of terminal acetylenes is 1. The summed E-state index contributed by atoms with van der Waals surface area (Å²) in [6, 6.07) is 0. The molecule has 1 aliphatic rings. The molecule has 7 heteroatoms. The molecule has 0 aliphatic heterocycles. The minimum absolute atomic E-state index is 0.0267. The Morgan fingerprint density at radius 1 is 1.74 bits per heavy atom. The molecule has 96 valence electrons. The van der Waals surface area contributed by atoms with E-state index >= 15 is 0 Å². The fourth-order valence-electron chi connectivity index (χ4n) is 2.00. The number of fused-ring (bicyclic) bond motifs is 1. The number of anilines is 1. The highest BCUT2D eigenvalue weighted by atomic mass is 16.3. The van der Waals surface area contributed by atoms with E-state index in [0.717, 1.165) is 5.57 Å². The third-order valence-electron chi connectivity index (χ3n) is 3.27. The second-order valence-electron chi connectivity index (χ2n) is 4.49. The number of H-pyrrole nitrogens is 1. The Bertz CT molecular complexity index is 795. The monoisotopic (exact) mass is 257 g/mol. The van der Waals surface area contributed by atoms with Crippen LogP contribution in [0, 0.1) is 17.8 Å². The molecular formula is C12H11N5O2. The van der Waals surface area contributed by atoms with Gasteiger partial charge in [-0.25, -0.2) is 4.98 Å². The predicted molar refractivity (Wildman–Crippen MR) is 69.8 cm³/mol. The molecule has 2 heterocycles. The van der Waals surface area contributed by atoms with E-state index in [1.54, 1.807) is 10.8 Å². The highest BCUT2D eigenvalue weighted by molar-refractivity contribution is 5.74. The summed E-state index contributed by atoms with van der Waals surface area (Å²) >= 11 is 0. The van der Waals surface area contributed by atoms with E-state index in [1.807, 2.05) is 0 Å². The molecule has 0 bridgehead atoms. The Kier molecular flexibility index (Phi) is 2.24. The van der Waals surface area contributed by atoms with E-state index in [9.17, 15) is 9.90 Å². The van der Waals surface area contributed by atoms with Gasteiger partial charge in [-0.05, 0) is 12.0 Å². The zero-order valence-electron chi connectivity index (χ0n) is 9.92. The van der Waals surface area contributed by atoms with E-state index in [0.29, 0.717) is 12.1 Å². The van der Waals surface area contributed by atoms with Gasteiger partial charge in [0.05, 0.1) is 12.0 Å². The minimum Gasteiger partial charge on any atom is -0.394 e. The molecule has 2 aromatic heterocycles. The zero-order chi connectivity index (χ0) is 13.6. The molecule has 0 saturated heterocycles. The molecular weight excluding hydrogens is 246 g/mol. The Balaban J connectivity index is 2.12. The molecule has 0 amide bonds. The smallest absolute Gasteiger partial charge is 0.280 e. The Morgan fingerprint density at radius 3 is 3.16 bits per heavy atom. The summed E-state index contributed by atoms with van der Waals surface area (Å²) in [6.07, 6.45) is 9.22. The number of aromatic amines is 1. The Hall–Kier alpha value is -2.59. The van der Waals surface area contributed by atoms with Crippen molar-refractivity contribution in [2.24, 2.45) is 5.41 Å². The highest BCUT2D eigenvalue weighted by Gasteiger charge is 2.47. The molecule has 7 nitrogen and oxygen atoms in total. The maximum atomic E-state index is 11.6. The summed E-state index contributed by atoms with van der Waals surface area (Å²) in [5.74, 6) is 2.60. The molecule has 1 unspecified atom stereocenters. The standard InChI is InChI=1S/C12H11N5O2/c1-2-12(5-18)3-7(12)4-17-6-14-8-9(17)15-11(13)16-10(8)19/h1,4,6,18H,3,5H2,(H3,13,15,16,19)/b7-4+. The quantitative estimate of drug-likeness (QED) is 0.632. The van der Waals surface area contributed by atoms with Gasteiger partial charge in [0.2, 0.25) is 5.95 Å². The average Bonchev–Trinajstić information content (AvgIpc) is 2.94. The fraction of sp³-hybridized carbons (Fsp3) is 0.250. The van der Waals surface area contributed by atoms with Gasteiger partial charge in [-0.15, -0.1) is 6.42 Å². The summed E-state index contributed by atoms with van der Waals surface area (Å²) in [6.45, 7) is -0.0991. The normalized spacial score (nSPS) is 23.7. The van der Waals surface area contributed by atoms with E-state index in [2.05, 4.69) is 20.9 Å². The van der Waals surface area contributed by atoms with Crippen molar-refractivity contribution in [1.29, 1.82) is 0 Å². The van der Waals surface area contributed by atoms with Crippen molar-refractivity contribution in [3.8, 4) is 12.3 Å². The minimum atomic E-state index is -0.580. The van der Waals surface area contributed by atoms with Crippen molar-refractivity contribution >= 4 is 23.3 Å². The second-order valence-corrected chi connectivity index (χ2v) is 4.49. The molecule has 1 aliphatic carbocycles. The maximum Gasteiger partial charge on any atom is 0.280 e. The number of aromatic nitrogens is 4. The van der Waals surface area contributed by atoms with Crippen LogP contribution < -0.4 is 11.3 Å². The lowest BCUT2D eigenvalue weighted by molar-refractivity contribution is 0.254. The van der Waals surface area contributed by atoms with Gasteiger partial charge in [-0.1, -0.05) is 5.92 Å². The van der Waals surface area contributed by atoms with Crippen molar-refractivity contribution < 1.29 is 5.11 Å². The van der Waals surface area contributed by atoms with Crippen LogP contribution in [0.15, 0.2) is 16.7 Å². The van der Waals surface area contributed by atoms with Crippen LogP contribution in [0.25, 0.3) is 17.4 Å². The molecule has 1 fully saturated rings. The number of nitrogens with two attached hydrogens (primary N) is 1. The van der Waals surface area contributed by atoms with Crippen LogP contribution in [0.3, 0.4) is 0 Å².